The largest absolute Gasteiger partial charge is 0.394 e. The van der Waals surface area contributed by atoms with Crippen molar-refractivity contribution in [3.05, 3.63) is 36.5 Å². The molecule has 2 aliphatic heterocycles. The summed E-state index contributed by atoms with van der Waals surface area (Å²) in [6.45, 7) is 2.75. The van der Waals surface area contributed by atoms with E-state index in [2.05, 4.69) is 43.5 Å². The average molecular weight is 928 g/mol. The standard InChI is InChI=1S/C51H93NO13/c1-3-5-7-9-11-13-15-17-18-19-20-21-23-25-27-29-31-33-35-43(56)52-39(40(55)34-32-30-28-26-24-22-16-14-12-10-8-6-4-2)38-62-50-48(61)46(59)49(42(37-54)64-50)65-51-47(60)45(58)44(57)41(36-53)63-51/h13,15,18-19,32,34,39-42,44-51,53-55,57-61H,3-12,14,16-17,20-31,33,35-38H2,1-2H3,(H,52,56)/b15-13-,19-18-,34-32+. The molecule has 0 aliphatic carbocycles. The monoisotopic (exact) mass is 928 g/mol. The van der Waals surface area contributed by atoms with Crippen molar-refractivity contribution in [3.8, 4) is 0 Å². The predicted octanol–water partition coefficient (Wildman–Crippen LogP) is 6.71. The molecule has 2 fully saturated rings. The van der Waals surface area contributed by atoms with Crippen LogP contribution in [0.15, 0.2) is 36.5 Å². The van der Waals surface area contributed by atoms with Crippen LogP contribution in [0, 0.1) is 0 Å². The number of hydrogen-bond donors (Lipinski definition) is 9. The summed E-state index contributed by atoms with van der Waals surface area (Å²) in [6, 6.07) is -0.916. The zero-order valence-electron chi connectivity index (χ0n) is 40.2. The minimum Gasteiger partial charge on any atom is -0.394 e. The fourth-order valence-electron chi connectivity index (χ4n) is 8.32. The van der Waals surface area contributed by atoms with E-state index < -0.39 is 86.8 Å². The molecular weight excluding hydrogens is 835 g/mol. The molecule has 380 valence electrons. The maximum absolute atomic E-state index is 13.2. The number of amides is 1. The number of nitrogens with one attached hydrogen (secondary N) is 1. The van der Waals surface area contributed by atoms with Crippen LogP contribution in [0.1, 0.15) is 187 Å². The summed E-state index contributed by atoms with van der Waals surface area (Å²) in [7, 11) is 0. The Morgan fingerprint density at radius 2 is 1.02 bits per heavy atom. The molecule has 65 heavy (non-hydrogen) atoms. The van der Waals surface area contributed by atoms with Gasteiger partial charge < -0.3 is 65.1 Å². The summed E-state index contributed by atoms with van der Waals surface area (Å²) in [5, 5.41) is 86.7. The zero-order chi connectivity index (χ0) is 47.5. The van der Waals surface area contributed by atoms with Crippen molar-refractivity contribution >= 4 is 5.91 Å². The van der Waals surface area contributed by atoms with Gasteiger partial charge in [-0.05, 0) is 51.4 Å². The molecule has 9 N–H and O–H groups in total. The van der Waals surface area contributed by atoms with Crippen LogP contribution in [0.25, 0.3) is 0 Å². The third-order valence-electron chi connectivity index (χ3n) is 12.6. The zero-order valence-corrected chi connectivity index (χ0v) is 40.2. The van der Waals surface area contributed by atoms with Crippen molar-refractivity contribution in [2.24, 2.45) is 0 Å². The topological polar surface area (TPSA) is 228 Å². The van der Waals surface area contributed by atoms with Gasteiger partial charge in [0.1, 0.15) is 48.8 Å². The van der Waals surface area contributed by atoms with Crippen molar-refractivity contribution in [2.45, 2.75) is 261 Å². The number of rotatable bonds is 39. The molecule has 2 heterocycles. The van der Waals surface area contributed by atoms with E-state index in [4.69, 9.17) is 18.9 Å². The molecule has 12 unspecified atom stereocenters. The van der Waals surface area contributed by atoms with Crippen LogP contribution in [-0.2, 0) is 23.7 Å². The second-order valence-corrected chi connectivity index (χ2v) is 18.3. The first-order chi connectivity index (χ1) is 31.6. The highest BCUT2D eigenvalue weighted by Crippen LogP contribution is 2.30. The Balaban J connectivity index is 1.84. The van der Waals surface area contributed by atoms with E-state index in [1.807, 2.05) is 6.08 Å². The maximum Gasteiger partial charge on any atom is 0.220 e. The number of unbranched alkanes of at least 4 members (excludes halogenated alkanes) is 22. The van der Waals surface area contributed by atoms with E-state index in [0.717, 1.165) is 57.8 Å². The highest BCUT2D eigenvalue weighted by Gasteiger charge is 2.51. The fraction of sp³-hybridized carbons (Fsp3) is 0.863. The Kier molecular flexibility index (Phi) is 34.8. The van der Waals surface area contributed by atoms with E-state index >= 15 is 0 Å². The van der Waals surface area contributed by atoms with Gasteiger partial charge in [-0.1, -0.05) is 166 Å². The van der Waals surface area contributed by atoms with Crippen molar-refractivity contribution < 1.29 is 64.6 Å². The third kappa shape index (κ3) is 25.4. The minimum absolute atomic E-state index is 0.249. The first kappa shape index (κ1) is 59.3. The van der Waals surface area contributed by atoms with Crippen LogP contribution < -0.4 is 5.32 Å². The van der Waals surface area contributed by atoms with Gasteiger partial charge in [0.15, 0.2) is 12.6 Å². The number of ether oxygens (including phenoxy) is 4. The molecule has 0 aromatic rings. The molecule has 12 atom stereocenters. The van der Waals surface area contributed by atoms with Gasteiger partial charge in [0.25, 0.3) is 0 Å². The van der Waals surface area contributed by atoms with Gasteiger partial charge in [0.2, 0.25) is 5.91 Å². The van der Waals surface area contributed by atoms with Gasteiger partial charge >= 0.3 is 0 Å². The highest BCUT2D eigenvalue weighted by atomic mass is 16.7. The lowest BCUT2D eigenvalue weighted by molar-refractivity contribution is -0.359. The van der Waals surface area contributed by atoms with Crippen LogP contribution in [0.3, 0.4) is 0 Å². The van der Waals surface area contributed by atoms with Crippen LogP contribution >= 0.6 is 0 Å². The maximum atomic E-state index is 13.2. The number of aliphatic hydroxyl groups excluding tert-OH is 8. The van der Waals surface area contributed by atoms with Gasteiger partial charge in [-0.15, -0.1) is 0 Å². The fourth-order valence-corrected chi connectivity index (χ4v) is 8.32. The Morgan fingerprint density at radius 1 is 0.554 bits per heavy atom. The summed E-state index contributed by atoms with van der Waals surface area (Å²) in [6.07, 6.45) is 26.0. The number of carbonyl (C=O) groups excluding carboxylic acids is 1. The molecule has 2 saturated heterocycles. The lowest BCUT2D eigenvalue weighted by Crippen LogP contribution is -2.65. The summed E-state index contributed by atoms with van der Waals surface area (Å²) in [5.74, 6) is -0.249. The minimum atomic E-state index is -1.79. The van der Waals surface area contributed by atoms with Gasteiger partial charge in [-0.25, -0.2) is 0 Å². The quantitative estimate of drug-likeness (QED) is 0.0231. The van der Waals surface area contributed by atoms with Gasteiger partial charge in [-0.3, -0.25) is 4.79 Å². The Bertz CT molecular complexity index is 1230. The first-order valence-corrected chi connectivity index (χ1v) is 25.7. The Labute approximate surface area is 391 Å². The molecule has 0 radical (unpaired) electrons. The number of hydrogen-bond acceptors (Lipinski definition) is 13. The van der Waals surface area contributed by atoms with E-state index in [-0.39, 0.29) is 18.9 Å². The van der Waals surface area contributed by atoms with Crippen LogP contribution in [0.4, 0.5) is 0 Å². The average Bonchev–Trinajstić information content (AvgIpc) is 3.30. The Hall–Kier alpha value is -1.79. The van der Waals surface area contributed by atoms with Gasteiger partial charge in [0.05, 0.1) is 32.0 Å². The predicted molar refractivity (Wildman–Crippen MR) is 254 cm³/mol. The number of carbonyl (C=O) groups is 1. The van der Waals surface area contributed by atoms with E-state index in [1.165, 1.54) is 103 Å². The molecule has 0 saturated carbocycles. The van der Waals surface area contributed by atoms with Crippen molar-refractivity contribution in [1.82, 2.24) is 5.32 Å². The normalized spacial score (nSPS) is 27.3. The third-order valence-corrected chi connectivity index (χ3v) is 12.6. The Morgan fingerprint density at radius 3 is 1.55 bits per heavy atom. The van der Waals surface area contributed by atoms with Crippen molar-refractivity contribution in [3.63, 3.8) is 0 Å². The first-order valence-electron chi connectivity index (χ1n) is 25.7. The smallest absolute Gasteiger partial charge is 0.220 e. The summed E-state index contributed by atoms with van der Waals surface area (Å²) < 4.78 is 22.7. The van der Waals surface area contributed by atoms with Crippen LogP contribution in [0.5, 0.6) is 0 Å². The van der Waals surface area contributed by atoms with E-state index in [1.54, 1.807) is 6.08 Å². The second-order valence-electron chi connectivity index (χ2n) is 18.3. The van der Waals surface area contributed by atoms with Gasteiger partial charge in [-0.2, -0.15) is 0 Å². The molecule has 14 heteroatoms. The van der Waals surface area contributed by atoms with E-state index in [9.17, 15) is 45.6 Å². The number of aliphatic hydroxyl groups is 8. The molecule has 0 bridgehead atoms. The van der Waals surface area contributed by atoms with E-state index in [0.29, 0.717) is 6.42 Å². The second kappa shape index (κ2) is 38.1. The SMILES string of the molecule is CCCCCC/C=C\C/C=C\CCCCCCCCCC(=O)NC(COC1OC(CO)C(OC2OC(CO)C(O)C(O)C2O)C(O)C1O)C(O)/C=C/CCCCCCCCCCCCC. The molecule has 0 aromatic carbocycles. The molecule has 2 aliphatic rings. The van der Waals surface area contributed by atoms with Crippen LogP contribution in [0.2, 0.25) is 0 Å². The summed E-state index contributed by atoms with van der Waals surface area (Å²) >= 11 is 0. The number of allylic oxidation sites excluding steroid dienone is 5. The van der Waals surface area contributed by atoms with Crippen molar-refractivity contribution in [2.75, 3.05) is 19.8 Å². The lowest BCUT2D eigenvalue weighted by atomic mass is 9.97. The molecule has 2 rings (SSSR count). The molecule has 14 nitrogen and oxygen atoms in total. The lowest BCUT2D eigenvalue weighted by Gasteiger charge is -2.46. The van der Waals surface area contributed by atoms with Crippen molar-refractivity contribution in [1.29, 1.82) is 0 Å². The van der Waals surface area contributed by atoms with Gasteiger partial charge in [0, 0.05) is 6.42 Å². The molecule has 1 amide bonds. The molecule has 0 spiro atoms. The van der Waals surface area contributed by atoms with Crippen LogP contribution in [-0.4, -0.2) is 140 Å². The molecular formula is C51H93NO13. The highest BCUT2D eigenvalue weighted by molar-refractivity contribution is 5.76. The molecule has 0 aromatic heterocycles. The summed E-state index contributed by atoms with van der Waals surface area (Å²) in [4.78, 5) is 13.2. The summed E-state index contributed by atoms with van der Waals surface area (Å²) in [5.41, 5.74) is 0.